The Hall–Kier alpha value is -3.86. The van der Waals surface area contributed by atoms with E-state index in [-0.39, 0.29) is 23.3 Å². The lowest BCUT2D eigenvalue weighted by Crippen LogP contribution is -2.59. The number of aryl methyl sites for hydroxylation is 1. The minimum absolute atomic E-state index is 0.129. The zero-order valence-corrected chi connectivity index (χ0v) is 27.0. The van der Waals surface area contributed by atoms with Crippen LogP contribution < -0.4 is 15.1 Å². The maximum absolute atomic E-state index is 14.0. The molecule has 10 heteroatoms. The molecule has 224 valence electrons. The number of amides is 2. The average molecular weight is 671 g/mol. The number of benzene rings is 2. The smallest absolute Gasteiger partial charge is 0.259 e. The van der Waals surface area contributed by atoms with Crippen LogP contribution in [0.15, 0.2) is 81.7 Å². The SMILES string of the molecule is Cc1cnc(N2CC3(CCOCC3)C2)c(C(=O)Nc2ccc(C(=O)N3c4ccccc4N=C(c4ccc(Br)s4)[C@H]3C)cc2)c1. The van der Waals surface area contributed by atoms with E-state index in [1.807, 2.05) is 67.4 Å². The van der Waals surface area contributed by atoms with Gasteiger partial charge in [-0.1, -0.05) is 12.1 Å². The lowest BCUT2D eigenvalue weighted by Gasteiger charge is -2.53. The number of anilines is 3. The van der Waals surface area contributed by atoms with Crippen molar-refractivity contribution in [2.45, 2.75) is 32.7 Å². The molecule has 7 rings (SSSR count). The van der Waals surface area contributed by atoms with E-state index in [1.54, 1.807) is 35.6 Å². The summed E-state index contributed by atoms with van der Waals surface area (Å²) in [4.78, 5) is 42.1. The van der Waals surface area contributed by atoms with Gasteiger partial charge in [-0.25, -0.2) is 9.98 Å². The predicted molar refractivity (Wildman–Crippen MR) is 179 cm³/mol. The molecule has 0 radical (unpaired) electrons. The molecule has 2 aromatic carbocycles. The van der Waals surface area contributed by atoms with Crippen LogP contribution in [0, 0.1) is 12.3 Å². The summed E-state index contributed by atoms with van der Waals surface area (Å²) in [6.45, 7) is 7.31. The minimum atomic E-state index is -0.267. The van der Waals surface area contributed by atoms with Gasteiger partial charge in [0.2, 0.25) is 0 Å². The first kappa shape index (κ1) is 28.9. The quantitative estimate of drug-likeness (QED) is 0.242. The van der Waals surface area contributed by atoms with E-state index in [1.165, 1.54) is 0 Å². The highest BCUT2D eigenvalue weighted by atomic mass is 79.9. The predicted octanol–water partition coefficient (Wildman–Crippen LogP) is 7.25. The fourth-order valence-corrected chi connectivity index (χ4v) is 7.82. The number of nitrogens with zero attached hydrogens (tertiary/aromatic N) is 4. The first-order chi connectivity index (χ1) is 21.3. The molecule has 3 aliphatic rings. The number of hydrogen-bond donors (Lipinski definition) is 1. The number of hydrogen-bond acceptors (Lipinski definition) is 7. The summed E-state index contributed by atoms with van der Waals surface area (Å²) >= 11 is 5.15. The number of halogens is 1. The summed E-state index contributed by atoms with van der Waals surface area (Å²) in [6, 6.07) is 20.4. The molecule has 2 saturated heterocycles. The summed E-state index contributed by atoms with van der Waals surface area (Å²) in [7, 11) is 0. The van der Waals surface area contributed by atoms with Gasteiger partial charge in [0.05, 0.1) is 37.4 Å². The average Bonchev–Trinajstić information content (AvgIpc) is 3.46. The lowest BCUT2D eigenvalue weighted by atomic mass is 9.73. The first-order valence-corrected chi connectivity index (χ1v) is 16.4. The van der Waals surface area contributed by atoms with Crippen LogP contribution in [0.1, 0.15) is 50.9 Å². The van der Waals surface area contributed by atoms with Gasteiger partial charge in [0, 0.05) is 49.2 Å². The van der Waals surface area contributed by atoms with E-state index in [0.29, 0.717) is 22.6 Å². The molecule has 4 aromatic rings. The van der Waals surface area contributed by atoms with Crippen LogP contribution >= 0.6 is 27.3 Å². The van der Waals surface area contributed by atoms with Crippen molar-refractivity contribution in [3.8, 4) is 0 Å². The molecule has 2 fully saturated rings. The van der Waals surface area contributed by atoms with Gasteiger partial charge < -0.3 is 15.0 Å². The summed E-state index contributed by atoms with van der Waals surface area (Å²) in [5.41, 5.74) is 5.27. The summed E-state index contributed by atoms with van der Waals surface area (Å²) in [5, 5.41) is 3.03. The molecule has 2 aromatic heterocycles. The maximum Gasteiger partial charge on any atom is 0.259 e. The Bertz CT molecular complexity index is 1770. The third kappa shape index (κ3) is 5.35. The third-order valence-corrected chi connectivity index (χ3v) is 10.4. The van der Waals surface area contributed by atoms with Gasteiger partial charge >= 0.3 is 0 Å². The topological polar surface area (TPSA) is 87.1 Å². The molecule has 8 nitrogen and oxygen atoms in total. The number of para-hydroxylation sites is 2. The Morgan fingerprint density at radius 3 is 2.52 bits per heavy atom. The van der Waals surface area contributed by atoms with E-state index in [9.17, 15) is 9.59 Å². The van der Waals surface area contributed by atoms with Crippen molar-refractivity contribution in [2.24, 2.45) is 10.4 Å². The molecule has 0 unspecified atom stereocenters. The van der Waals surface area contributed by atoms with Gasteiger partial charge in [0.15, 0.2) is 0 Å². The number of aliphatic imine (C=N–C) groups is 1. The largest absolute Gasteiger partial charge is 0.381 e. The monoisotopic (exact) mass is 669 g/mol. The van der Waals surface area contributed by atoms with Crippen LogP contribution in [0.3, 0.4) is 0 Å². The normalized spacial score (nSPS) is 18.8. The number of rotatable bonds is 5. The Morgan fingerprint density at radius 2 is 1.80 bits per heavy atom. The van der Waals surface area contributed by atoms with E-state index in [4.69, 9.17) is 9.73 Å². The van der Waals surface area contributed by atoms with Crippen LogP contribution in [-0.2, 0) is 4.74 Å². The molecule has 1 atom stereocenters. The van der Waals surface area contributed by atoms with Crippen molar-refractivity contribution < 1.29 is 14.3 Å². The number of carbonyl (C=O) groups is 2. The van der Waals surface area contributed by atoms with E-state index in [0.717, 1.165) is 70.5 Å². The van der Waals surface area contributed by atoms with Crippen LogP contribution in [0.4, 0.5) is 22.9 Å². The second-order valence-corrected chi connectivity index (χ2v) is 14.3. The standard InChI is InChI=1S/C34H32BrN5O3S/c1-21-17-25(31(36-18-21)39-19-34(20-39)13-15-43-16-14-34)32(41)37-24-9-7-23(8-10-24)33(42)40-22(2)30(28-11-12-29(35)44-28)38-26-5-3-4-6-27(26)40/h3-12,17-18,22H,13-16,19-20H2,1-2H3,(H,37,41)/t22-/m1/s1. The highest BCUT2D eigenvalue weighted by molar-refractivity contribution is 9.11. The van der Waals surface area contributed by atoms with E-state index in [2.05, 4.69) is 31.1 Å². The Morgan fingerprint density at radius 1 is 1.05 bits per heavy atom. The molecule has 0 saturated carbocycles. The number of nitrogens with one attached hydrogen (secondary N) is 1. The van der Waals surface area contributed by atoms with Crippen LogP contribution in [0.5, 0.6) is 0 Å². The number of carbonyl (C=O) groups excluding carboxylic acids is 2. The Balaban J connectivity index is 1.09. The zero-order chi connectivity index (χ0) is 30.4. The van der Waals surface area contributed by atoms with Gasteiger partial charge in [0.25, 0.3) is 11.8 Å². The van der Waals surface area contributed by atoms with Gasteiger partial charge in [-0.2, -0.15) is 0 Å². The summed E-state index contributed by atoms with van der Waals surface area (Å²) in [6.07, 6.45) is 3.90. The molecule has 1 spiro atoms. The fourth-order valence-electron chi connectivity index (χ4n) is 6.36. The van der Waals surface area contributed by atoms with Crippen molar-refractivity contribution in [3.63, 3.8) is 0 Å². The lowest BCUT2D eigenvalue weighted by molar-refractivity contribution is -0.000509. The van der Waals surface area contributed by atoms with Gasteiger partial charge in [-0.15, -0.1) is 11.3 Å². The highest BCUT2D eigenvalue weighted by Gasteiger charge is 2.45. The first-order valence-electron chi connectivity index (χ1n) is 14.8. The second-order valence-electron chi connectivity index (χ2n) is 11.8. The van der Waals surface area contributed by atoms with Crippen molar-refractivity contribution in [1.82, 2.24) is 4.98 Å². The fraction of sp³-hybridized carbons (Fsp3) is 0.294. The molecular weight excluding hydrogens is 638 g/mol. The second kappa shape index (κ2) is 11.6. The molecule has 0 bridgehead atoms. The van der Waals surface area contributed by atoms with Crippen molar-refractivity contribution in [1.29, 1.82) is 0 Å². The minimum Gasteiger partial charge on any atom is -0.381 e. The number of ether oxygens (including phenoxy) is 1. The van der Waals surface area contributed by atoms with E-state index < -0.39 is 0 Å². The van der Waals surface area contributed by atoms with Gasteiger partial charge in [-0.3, -0.25) is 14.5 Å². The van der Waals surface area contributed by atoms with E-state index >= 15 is 0 Å². The highest BCUT2D eigenvalue weighted by Crippen LogP contribution is 2.43. The Labute approximate surface area is 268 Å². The Kier molecular flexibility index (Phi) is 7.60. The zero-order valence-electron chi connectivity index (χ0n) is 24.5. The molecule has 44 heavy (non-hydrogen) atoms. The third-order valence-electron chi connectivity index (χ3n) is 8.75. The molecule has 3 aliphatic heterocycles. The van der Waals surface area contributed by atoms with Crippen LogP contribution in [0.25, 0.3) is 0 Å². The van der Waals surface area contributed by atoms with Gasteiger partial charge in [-0.05, 0) is 103 Å². The number of pyridine rings is 1. The van der Waals surface area contributed by atoms with Crippen molar-refractivity contribution in [3.05, 3.63) is 98.3 Å². The number of fused-ring (bicyclic) bond motifs is 1. The molecular formula is C34H32BrN5O3S. The van der Waals surface area contributed by atoms with Crippen molar-refractivity contribution >= 4 is 67.7 Å². The van der Waals surface area contributed by atoms with Crippen LogP contribution in [-0.4, -0.2) is 54.9 Å². The summed E-state index contributed by atoms with van der Waals surface area (Å²) in [5.74, 6) is 0.366. The van der Waals surface area contributed by atoms with Crippen LogP contribution in [0.2, 0.25) is 0 Å². The van der Waals surface area contributed by atoms with Crippen molar-refractivity contribution in [2.75, 3.05) is 41.4 Å². The molecule has 1 N–H and O–H groups in total. The number of thiophene rings is 1. The van der Waals surface area contributed by atoms with Gasteiger partial charge in [0.1, 0.15) is 5.82 Å². The maximum atomic E-state index is 14.0. The molecule has 0 aliphatic carbocycles. The number of aromatic nitrogens is 1. The molecule has 5 heterocycles. The molecule has 2 amide bonds. The summed E-state index contributed by atoms with van der Waals surface area (Å²) < 4.78 is 6.57.